The van der Waals surface area contributed by atoms with Gasteiger partial charge in [-0.3, -0.25) is 4.79 Å². The summed E-state index contributed by atoms with van der Waals surface area (Å²) in [4.78, 5) is 31.5. The molecule has 194 valence electrons. The number of urea groups is 1. The van der Waals surface area contributed by atoms with Gasteiger partial charge in [0.1, 0.15) is 5.82 Å². The lowest BCUT2D eigenvalue weighted by molar-refractivity contribution is 0.0722. The highest BCUT2D eigenvalue weighted by atomic mass is 35.5. The smallest absolute Gasteiger partial charge is 0.320 e. The van der Waals surface area contributed by atoms with Crippen molar-refractivity contribution in [1.82, 2.24) is 19.0 Å². The lowest BCUT2D eigenvalue weighted by Crippen LogP contribution is -2.53. The van der Waals surface area contributed by atoms with E-state index in [-0.39, 0.29) is 56.1 Å². The number of hydrogen-bond acceptors (Lipinski definition) is 4. The zero-order valence-corrected chi connectivity index (χ0v) is 22.2. The molecular formula is C24H27Cl2FN4O4S. The highest BCUT2D eigenvalue weighted by molar-refractivity contribution is 7.88. The van der Waals surface area contributed by atoms with E-state index in [1.54, 1.807) is 35.0 Å². The average molecular weight is 557 g/mol. The van der Waals surface area contributed by atoms with Crippen molar-refractivity contribution in [3.8, 4) is 0 Å². The van der Waals surface area contributed by atoms with Crippen LogP contribution >= 0.6 is 23.2 Å². The van der Waals surface area contributed by atoms with E-state index in [4.69, 9.17) is 23.2 Å². The standard InChI is InChI=1S/C24H27Cl2FN4O4S/c1-28(23(32)17-4-3-5-18(27)12-17)22-15-30(14-19(22)16-6-7-20(25)21(26)13-16)24(33)29-8-10-31(11-9-29)36(2,34)35/h3-7,12-13,19,22H,8-11,14-15H2,1-2H3/t19-,22+/m0/s1. The molecule has 12 heteroatoms. The van der Waals surface area contributed by atoms with Gasteiger partial charge in [-0.1, -0.05) is 35.3 Å². The molecule has 0 radical (unpaired) electrons. The Morgan fingerprint density at radius 1 is 0.972 bits per heavy atom. The van der Waals surface area contributed by atoms with Crippen molar-refractivity contribution in [3.63, 3.8) is 0 Å². The average Bonchev–Trinajstić information content (AvgIpc) is 3.29. The Bertz CT molecular complexity index is 1270. The van der Waals surface area contributed by atoms with E-state index in [9.17, 15) is 22.4 Å². The highest BCUT2D eigenvalue weighted by Gasteiger charge is 2.42. The van der Waals surface area contributed by atoms with Crippen LogP contribution in [0.4, 0.5) is 9.18 Å². The van der Waals surface area contributed by atoms with Crippen molar-refractivity contribution in [2.75, 3.05) is 52.6 Å². The van der Waals surface area contributed by atoms with E-state index in [0.717, 1.165) is 11.8 Å². The van der Waals surface area contributed by atoms with Gasteiger partial charge < -0.3 is 14.7 Å². The number of nitrogens with zero attached hydrogens (tertiary/aromatic N) is 4. The summed E-state index contributed by atoms with van der Waals surface area (Å²) in [6.45, 7) is 1.61. The minimum absolute atomic E-state index is 0.215. The first kappa shape index (κ1) is 26.7. The van der Waals surface area contributed by atoms with E-state index in [0.29, 0.717) is 16.6 Å². The summed E-state index contributed by atoms with van der Waals surface area (Å²) in [6.07, 6.45) is 1.16. The maximum atomic E-state index is 13.8. The molecule has 36 heavy (non-hydrogen) atoms. The number of rotatable bonds is 4. The SMILES string of the molecule is CN(C(=O)c1cccc(F)c1)[C@@H]1CN(C(=O)N2CCN(S(C)(=O)=O)CC2)C[C@H]1c1ccc(Cl)c(Cl)c1. The molecule has 0 N–H and O–H groups in total. The maximum Gasteiger partial charge on any atom is 0.320 e. The minimum atomic E-state index is -3.32. The number of hydrogen-bond donors (Lipinski definition) is 0. The van der Waals surface area contributed by atoms with Crippen LogP contribution in [0.1, 0.15) is 21.8 Å². The molecule has 2 heterocycles. The molecule has 2 aromatic rings. The maximum absolute atomic E-state index is 13.8. The van der Waals surface area contributed by atoms with Gasteiger partial charge in [0.15, 0.2) is 0 Å². The predicted molar refractivity (Wildman–Crippen MR) is 136 cm³/mol. The third kappa shape index (κ3) is 5.61. The van der Waals surface area contributed by atoms with Crippen LogP contribution in [0.5, 0.6) is 0 Å². The first-order valence-corrected chi connectivity index (χ1v) is 14.0. The van der Waals surface area contributed by atoms with Crippen LogP contribution in [-0.4, -0.2) is 98.0 Å². The van der Waals surface area contributed by atoms with E-state index in [1.807, 2.05) is 6.07 Å². The third-order valence-electron chi connectivity index (χ3n) is 6.80. The Kier molecular flexibility index (Phi) is 7.80. The van der Waals surface area contributed by atoms with Crippen LogP contribution in [0, 0.1) is 5.82 Å². The molecule has 0 spiro atoms. The van der Waals surface area contributed by atoms with Gasteiger partial charge in [0.25, 0.3) is 5.91 Å². The molecule has 0 aromatic heterocycles. The van der Waals surface area contributed by atoms with Crippen LogP contribution < -0.4 is 0 Å². The van der Waals surface area contributed by atoms with Crippen LogP contribution in [0.25, 0.3) is 0 Å². The van der Waals surface area contributed by atoms with E-state index in [2.05, 4.69) is 0 Å². The van der Waals surface area contributed by atoms with E-state index >= 15 is 0 Å². The summed E-state index contributed by atoms with van der Waals surface area (Å²) in [5.41, 5.74) is 1.04. The molecule has 2 aromatic carbocycles. The second-order valence-corrected chi connectivity index (χ2v) is 11.9. The Morgan fingerprint density at radius 2 is 1.67 bits per heavy atom. The second kappa shape index (κ2) is 10.5. The number of carbonyl (C=O) groups excluding carboxylic acids is 2. The van der Waals surface area contributed by atoms with E-state index in [1.165, 1.54) is 27.4 Å². The number of carbonyl (C=O) groups is 2. The number of amides is 3. The van der Waals surface area contributed by atoms with Crippen LogP contribution in [-0.2, 0) is 10.0 Å². The quantitative estimate of drug-likeness (QED) is 0.578. The molecule has 0 unspecified atom stereocenters. The first-order chi connectivity index (χ1) is 17.0. The second-order valence-electron chi connectivity index (χ2n) is 9.11. The lowest BCUT2D eigenvalue weighted by atomic mass is 9.93. The van der Waals surface area contributed by atoms with Gasteiger partial charge in [-0.15, -0.1) is 0 Å². The molecule has 2 fully saturated rings. The molecule has 0 aliphatic carbocycles. The number of halogens is 3. The summed E-state index contributed by atoms with van der Waals surface area (Å²) in [5.74, 6) is -1.13. The van der Waals surface area contributed by atoms with Crippen molar-refractivity contribution in [2.24, 2.45) is 0 Å². The highest BCUT2D eigenvalue weighted by Crippen LogP contribution is 2.35. The van der Waals surface area contributed by atoms with Gasteiger partial charge in [-0.05, 0) is 35.9 Å². The van der Waals surface area contributed by atoms with Crippen LogP contribution in [0.15, 0.2) is 42.5 Å². The van der Waals surface area contributed by atoms with Crippen molar-refractivity contribution < 1.29 is 22.4 Å². The largest absolute Gasteiger partial charge is 0.336 e. The normalized spacial score (nSPS) is 21.0. The fourth-order valence-electron chi connectivity index (χ4n) is 4.79. The van der Waals surface area contributed by atoms with Gasteiger partial charge in [0.2, 0.25) is 10.0 Å². The van der Waals surface area contributed by atoms with Gasteiger partial charge in [0.05, 0.1) is 22.3 Å². The van der Waals surface area contributed by atoms with Crippen LogP contribution in [0.2, 0.25) is 10.0 Å². The number of piperazine rings is 1. The molecule has 3 amide bonds. The summed E-state index contributed by atoms with van der Waals surface area (Å²) in [6, 6.07) is 10.1. The van der Waals surface area contributed by atoms with Gasteiger partial charge in [-0.25, -0.2) is 17.6 Å². The zero-order chi connectivity index (χ0) is 26.2. The summed E-state index contributed by atoms with van der Waals surface area (Å²) < 4.78 is 38.8. The molecule has 0 saturated carbocycles. The Labute approximate surface area is 220 Å². The van der Waals surface area contributed by atoms with Crippen molar-refractivity contribution in [3.05, 3.63) is 69.5 Å². The molecule has 2 aliphatic heterocycles. The predicted octanol–water partition coefficient (Wildman–Crippen LogP) is 3.37. The minimum Gasteiger partial charge on any atom is -0.336 e. The molecule has 2 atom stereocenters. The Balaban J connectivity index is 1.57. The number of benzene rings is 2. The summed E-state index contributed by atoms with van der Waals surface area (Å²) in [7, 11) is -1.68. The molecule has 8 nitrogen and oxygen atoms in total. The number of likely N-dealkylation sites (tertiary alicyclic amines) is 1. The van der Waals surface area contributed by atoms with Crippen molar-refractivity contribution in [2.45, 2.75) is 12.0 Å². The lowest BCUT2D eigenvalue weighted by Gasteiger charge is -2.35. The molecule has 0 bridgehead atoms. The van der Waals surface area contributed by atoms with Gasteiger partial charge in [-0.2, -0.15) is 4.31 Å². The fourth-order valence-corrected chi connectivity index (χ4v) is 5.93. The summed E-state index contributed by atoms with van der Waals surface area (Å²) >= 11 is 12.4. The molecule has 2 aliphatic rings. The van der Waals surface area contributed by atoms with Crippen molar-refractivity contribution >= 4 is 45.2 Å². The van der Waals surface area contributed by atoms with Gasteiger partial charge in [0, 0.05) is 57.8 Å². The Hall–Kier alpha value is -2.40. The third-order valence-corrected chi connectivity index (χ3v) is 8.84. The van der Waals surface area contributed by atoms with Crippen molar-refractivity contribution in [1.29, 1.82) is 0 Å². The molecule has 4 rings (SSSR count). The number of sulfonamides is 1. The fraction of sp³-hybridized carbons (Fsp3) is 0.417. The van der Waals surface area contributed by atoms with E-state index < -0.39 is 21.9 Å². The van der Waals surface area contributed by atoms with Gasteiger partial charge >= 0.3 is 6.03 Å². The van der Waals surface area contributed by atoms with Crippen LogP contribution in [0.3, 0.4) is 0 Å². The zero-order valence-electron chi connectivity index (χ0n) is 19.9. The Morgan fingerprint density at radius 3 is 2.28 bits per heavy atom. The summed E-state index contributed by atoms with van der Waals surface area (Å²) in [5, 5.41) is 0.768. The molecule has 2 saturated heterocycles. The molecular weight excluding hydrogens is 530 g/mol. The first-order valence-electron chi connectivity index (χ1n) is 11.4. The number of likely N-dealkylation sites (N-methyl/N-ethyl adjacent to an activating group) is 1. The monoisotopic (exact) mass is 556 g/mol. The topological polar surface area (TPSA) is 81.2 Å².